The van der Waals surface area contributed by atoms with Crippen LogP contribution in [0.3, 0.4) is 0 Å². The predicted octanol–water partition coefficient (Wildman–Crippen LogP) is 3.41. The molecule has 4 nitrogen and oxygen atoms in total. The zero-order valence-electron chi connectivity index (χ0n) is 11.3. The third-order valence-corrected chi connectivity index (χ3v) is 4.11. The maximum atomic E-state index is 6.19. The van der Waals surface area contributed by atoms with Gasteiger partial charge < -0.3 is 10.5 Å². The van der Waals surface area contributed by atoms with E-state index in [2.05, 4.69) is 11.2 Å². The molecule has 3 aromatic rings. The van der Waals surface area contributed by atoms with Crippen LogP contribution in [0.15, 0.2) is 41.8 Å². The van der Waals surface area contributed by atoms with Gasteiger partial charge in [-0.3, -0.25) is 4.68 Å². The van der Waals surface area contributed by atoms with Gasteiger partial charge in [0.2, 0.25) is 0 Å². The molecule has 0 saturated heterocycles. The van der Waals surface area contributed by atoms with E-state index in [1.165, 1.54) is 0 Å². The fourth-order valence-electron chi connectivity index (χ4n) is 2.23. The molecule has 1 aromatic carbocycles. The molecule has 102 valence electrons. The van der Waals surface area contributed by atoms with Crippen LogP contribution < -0.4 is 10.5 Å². The molecular weight excluding hydrogens is 270 g/mol. The molecule has 2 aromatic heterocycles. The number of rotatable bonds is 3. The highest BCUT2D eigenvalue weighted by molar-refractivity contribution is 7.13. The molecule has 5 heteroatoms. The fourth-order valence-corrected chi connectivity index (χ4v) is 3.01. The van der Waals surface area contributed by atoms with Crippen molar-refractivity contribution in [2.24, 2.45) is 7.05 Å². The van der Waals surface area contributed by atoms with Gasteiger partial charge in [-0.1, -0.05) is 18.2 Å². The maximum absolute atomic E-state index is 6.19. The molecule has 0 aliphatic heterocycles. The van der Waals surface area contributed by atoms with Gasteiger partial charge in [-0.2, -0.15) is 5.10 Å². The number of nitrogen functional groups attached to an aromatic ring is 1. The monoisotopic (exact) mass is 285 g/mol. The van der Waals surface area contributed by atoms with E-state index in [1.54, 1.807) is 23.1 Å². The number of hydrogen-bond acceptors (Lipinski definition) is 4. The summed E-state index contributed by atoms with van der Waals surface area (Å²) in [4.78, 5) is 1.11. The molecule has 0 radical (unpaired) electrons. The highest BCUT2D eigenvalue weighted by atomic mass is 32.1. The van der Waals surface area contributed by atoms with Crippen molar-refractivity contribution in [3.63, 3.8) is 0 Å². The van der Waals surface area contributed by atoms with Gasteiger partial charge in [-0.05, 0) is 23.6 Å². The SMILES string of the molecule is COc1ccccc1-c1nn(C)c(N)c1-c1cccs1. The van der Waals surface area contributed by atoms with Crippen LogP contribution in [-0.2, 0) is 7.05 Å². The van der Waals surface area contributed by atoms with Crippen molar-refractivity contribution in [2.75, 3.05) is 12.8 Å². The third-order valence-electron chi connectivity index (χ3n) is 3.22. The highest BCUT2D eigenvalue weighted by Gasteiger charge is 2.20. The molecule has 0 fully saturated rings. The van der Waals surface area contributed by atoms with Crippen molar-refractivity contribution in [2.45, 2.75) is 0 Å². The Bertz CT molecular complexity index is 732. The maximum Gasteiger partial charge on any atom is 0.130 e. The summed E-state index contributed by atoms with van der Waals surface area (Å²) in [6.07, 6.45) is 0. The van der Waals surface area contributed by atoms with Crippen LogP contribution in [0, 0.1) is 0 Å². The number of anilines is 1. The Balaban J connectivity index is 2.27. The number of nitrogens with two attached hydrogens (primary N) is 1. The van der Waals surface area contributed by atoms with Crippen LogP contribution in [0.2, 0.25) is 0 Å². The van der Waals surface area contributed by atoms with Gasteiger partial charge in [0, 0.05) is 17.5 Å². The molecular formula is C15H15N3OS. The summed E-state index contributed by atoms with van der Waals surface area (Å²) in [6, 6.07) is 11.9. The molecule has 0 saturated carbocycles. The fraction of sp³-hybridized carbons (Fsp3) is 0.133. The minimum absolute atomic E-state index is 0.661. The quantitative estimate of drug-likeness (QED) is 0.802. The lowest BCUT2D eigenvalue weighted by molar-refractivity contribution is 0.416. The van der Waals surface area contributed by atoms with Gasteiger partial charge in [0.15, 0.2) is 0 Å². The van der Waals surface area contributed by atoms with E-state index in [0.717, 1.165) is 27.4 Å². The Hall–Kier alpha value is -2.27. The topological polar surface area (TPSA) is 53.1 Å². The van der Waals surface area contributed by atoms with E-state index in [9.17, 15) is 0 Å². The van der Waals surface area contributed by atoms with Crippen LogP contribution in [0.25, 0.3) is 21.7 Å². The first-order chi connectivity index (χ1) is 9.72. The lowest BCUT2D eigenvalue weighted by atomic mass is 10.1. The molecule has 0 amide bonds. The predicted molar refractivity (Wildman–Crippen MR) is 82.9 cm³/mol. The van der Waals surface area contributed by atoms with E-state index in [0.29, 0.717) is 5.82 Å². The molecule has 0 bridgehead atoms. The van der Waals surface area contributed by atoms with E-state index in [-0.39, 0.29) is 0 Å². The molecule has 20 heavy (non-hydrogen) atoms. The number of aromatic nitrogens is 2. The summed E-state index contributed by atoms with van der Waals surface area (Å²) in [5.74, 6) is 1.46. The number of nitrogens with zero attached hydrogens (tertiary/aromatic N) is 2. The lowest BCUT2D eigenvalue weighted by Crippen LogP contribution is -1.97. The largest absolute Gasteiger partial charge is 0.496 e. The number of aryl methyl sites for hydroxylation is 1. The third kappa shape index (κ3) is 1.96. The van der Waals surface area contributed by atoms with Crippen LogP contribution in [0.5, 0.6) is 5.75 Å². The first-order valence-electron chi connectivity index (χ1n) is 6.22. The van der Waals surface area contributed by atoms with E-state index >= 15 is 0 Å². The zero-order valence-corrected chi connectivity index (χ0v) is 12.1. The van der Waals surface area contributed by atoms with Crippen LogP contribution in [0.1, 0.15) is 0 Å². The number of para-hydroxylation sites is 1. The Kier molecular flexibility index (Phi) is 3.20. The Morgan fingerprint density at radius 2 is 2.00 bits per heavy atom. The van der Waals surface area contributed by atoms with Crippen LogP contribution in [-0.4, -0.2) is 16.9 Å². The number of benzene rings is 1. The smallest absolute Gasteiger partial charge is 0.130 e. The Morgan fingerprint density at radius 1 is 1.20 bits per heavy atom. The average Bonchev–Trinajstić information content (AvgIpc) is 3.08. The van der Waals surface area contributed by atoms with Gasteiger partial charge in [-0.15, -0.1) is 11.3 Å². The second-order valence-corrected chi connectivity index (χ2v) is 5.36. The minimum Gasteiger partial charge on any atom is -0.496 e. The molecule has 0 unspecified atom stereocenters. The molecule has 2 heterocycles. The van der Waals surface area contributed by atoms with Crippen molar-refractivity contribution in [3.05, 3.63) is 41.8 Å². The van der Waals surface area contributed by atoms with E-state index in [1.807, 2.05) is 42.8 Å². The molecule has 3 rings (SSSR count). The molecule has 2 N–H and O–H groups in total. The molecule has 0 aliphatic rings. The number of ether oxygens (including phenoxy) is 1. The lowest BCUT2D eigenvalue weighted by Gasteiger charge is -2.07. The van der Waals surface area contributed by atoms with Crippen molar-refractivity contribution in [3.8, 4) is 27.4 Å². The minimum atomic E-state index is 0.661. The second-order valence-electron chi connectivity index (χ2n) is 4.41. The number of thiophene rings is 1. The summed E-state index contributed by atoms with van der Waals surface area (Å²) in [6.45, 7) is 0. The second kappa shape index (κ2) is 5.02. The average molecular weight is 285 g/mol. The van der Waals surface area contributed by atoms with Crippen molar-refractivity contribution in [1.29, 1.82) is 0 Å². The van der Waals surface area contributed by atoms with Crippen LogP contribution in [0.4, 0.5) is 5.82 Å². The van der Waals surface area contributed by atoms with Crippen molar-refractivity contribution < 1.29 is 4.74 Å². The molecule has 0 spiro atoms. The highest BCUT2D eigenvalue weighted by Crippen LogP contribution is 2.41. The first-order valence-corrected chi connectivity index (χ1v) is 7.10. The summed E-state index contributed by atoms with van der Waals surface area (Å²) in [5.41, 5.74) is 8.96. The van der Waals surface area contributed by atoms with Gasteiger partial charge in [0.25, 0.3) is 0 Å². The van der Waals surface area contributed by atoms with Gasteiger partial charge in [0.05, 0.1) is 12.7 Å². The zero-order chi connectivity index (χ0) is 14.1. The normalized spacial score (nSPS) is 10.7. The molecule has 0 aliphatic carbocycles. The number of hydrogen-bond donors (Lipinski definition) is 1. The summed E-state index contributed by atoms with van der Waals surface area (Å²) >= 11 is 1.65. The standard InChI is InChI=1S/C15H15N3OS/c1-18-15(16)13(12-8-5-9-20-12)14(17-18)10-6-3-4-7-11(10)19-2/h3-9H,16H2,1-2H3. The van der Waals surface area contributed by atoms with Crippen molar-refractivity contribution >= 4 is 17.2 Å². The number of methoxy groups -OCH3 is 1. The first kappa shape index (κ1) is 12.7. The Morgan fingerprint density at radius 3 is 2.70 bits per heavy atom. The van der Waals surface area contributed by atoms with E-state index < -0.39 is 0 Å². The van der Waals surface area contributed by atoms with Gasteiger partial charge >= 0.3 is 0 Å². The van der Waals surface area contributed by atoms with Gasteiger partial charge in [-0.25, -0.2) is 0 Å². The van der Waals surface area contributed by atoms with Gasteiger partial charge in [0.1, 0.15) is 17.3 Å². The summed E-state index contributed by atoms with van der Waals surface area (Å²) < 4.78 is 7.14. The summed E-state index contributed by atoms with van der Waals surface area (Å²) in [7, 11) is 3.52. The molecule has 0 atom stereocenters. The summed E-state index contributed by atoms with van der Waals surface area (Å²) in [5, 5.41) is 6.60. The van der Waals surface area contributed by atoms with Crippen LogP contribution >= 0.6 is 11.3 Å². The Labute approximate surface area is 121 Å². The van der Waals surface area contributed by atoms with E-state index in [4.69, 9.17) is 10.5 Å². The van der Waals surface area contributed by atoms with Crippen molar-refractivity contribution in [1.82, 2.24) is 9.78 Å².